The summed E-state index contributed by atoms with van der Waals surface area (Å²) < 4.78 is 31.8. The largest absolute Gasteiger partial charge is 0.372 e. The van der Waals surface area contributed by atoms with Gasteiger partial charge in [-0.2, -0.15) is 0 Å². The molecule has 1 heterocycles. The Morgan fingerprint density at radius 3 is 2.56 bits per heavy atom. The van der Waals surface area contributed by atoms with E-state index in [4.69, 9.17) is 4.74 Å². The van der Waals surface area contributed by atoms with Gasteiger partial charge in [0.05, 0.1) is 16.8 Å². The zero-order valence-corrected chi connectivity index (χ0v) is 16.3. The minimum Gasteiger partial charge on any atom is -0.372 e. The standard InChI is InChI=1S/C18H21NO6S2/c1-26-9-25-18(22)10-4-6-13(7-5-10)27(23,24)19-16(20)14-11-2-3-12(8-11)15(14)17(19)21/h2-7,11-12,14-16,18,20,22H,8-9H2,1H3. The number of fused-ring (bicyclic) bond motifs is 5. The normalized spacial score (nSPS) is 32.9. The SMILES string of the molecule is CSCOC(O)c1ccc(S(=O)(=O)N2C(=O)C3C4C=CC(C4)C3C2O)cc1. The smallest absolute Gasteiger partial charge is 0.268 e. The Morgan fingerprint density at radius 2 is 1.93 bits per heavy atom. The van der Waals surface area contributed by atoms with Crippen LogP contribution in [0.1, 0.15) is 18.3 Å². The number of amides is 1. The van der Waals surface area contributed by atoms with Crippen LogP contribution in [0, 0.1) is 23.7 Å². The number of rotatable bonds is 6. The molecule has 4 rings (SSSR count). The molecule has 6 atom stereocenters. The fraction of sp³-hybridized carbons (Fsp3) is 0.500. The molecule has 0 aromatic heterocycles. The summed E-state index contributed by atoms with van der Waals surface area (Å²) in [5.41, 5.74) is 0.412. The molecule has 146 valence electrons. The van der Waals surface area contributed by atoms with Gasteiger partial charge in [0.25, 0.3) is 10.0 Å². The number of hydrogen-bond donors (Lipinski definition) is 2. The van der Waals surface area contributed by atoms with E-state index in [1.807, 2.05) is 18.4 Å². The van der Waals surface area contributed by atoms with Crippen molar-refractivity contribution in [2.75, 3.05) is 12.2 Å². The summed E-state index contributed by atoms with van der Waals surface area (Å²) in [6.07, 6.45) is 4.06. The van der Waals surface area contributed by atoms with Crippen molar-refractivity contribution >= 4 is 27.7 Å². The number of carbonyl (C=O) groups is 1. The van der Waals surface area contributed by atoms with Crippen LogP contribution in [0.4, 0.5) is 0 Å². The van der Waals surface area contributed by atoms with Crippen molar-refractivity contribution in [2.45, 2.75) is 23.8 Å². The first-order valence-corrected chi connectivity index (χ1v) is 11.5. The van der Waals surface area contributed by atoms with Gasteiger partial charge in [-0.25, -0.2) is 12.7 Å². The van der Waals surface area contributed by atoms with Crippen LogP contribution in [0.3, 0.4) is 0 Å². The third-order valence-corrected chi connectivity index (χ3v) is 7.83. The molecule has 27 heavy (non-hydrogen) atoms. The topological polar surface area (TPSA) is 104 Å². The van der Waals surface area contributed by atoms with E-state index in [1.165, 1.54) is 36.0 Å². The van der Waals surface area contributed by atoms with Crippen LogP contribution in [-0.2, 0) is 19.6 Å². The second-order valence-electron chi connectivity index (χ2n) is 7.10. The average molecular weight is 412 g/mol. The molecule has 2 N–H and O–H groups in total. The van der Waals surface area contributed by atoms with Crippen LogP contribution in [0.25, 0.3) is 0 Å². The molecule has 1 aliphatic heterocycles. The first-order chi connectivity index (χ1) is 12.9. The summed E-state index contributed by atoms with van der Waals surface area (Å²) in [5.74, 6) is -1.01. The molecule has 0 spiro atoms. The Labute approximate surface area is 162 Å². The lowest BCUT2D eigenvalue weighted by Gasteiger charge is -2.25. The molecule has 1 amide bonds. The summed E-state index contributed by atoms with van der Waals surface area (Å²) in [4.78, 5) is 12.7. The number of thioether (sulfide) groups is 1. The fourth-order valence-corrected chi connectivity index (χ4v) is 6.21. The minimum atomic E-state index is -4.18. The number of carbonyl (C=O) groups excluding carboxylic acids is 1. The molecule has 1 aromatic carbocycles. The van der Waals surface area contributed by atoms with E-state index < -0.39 is 34.4 Å². The third kappa shape index (κ3) is 2.92. The van der Waals surface area contributed by atoms with Crippen LogP contribution in [0.5, 0.6) is 0 Å². The van der Waals surface area contributed by atoms with Gasteiger partial charge in [-0.1, -0.05) is 24.3 Å². The van der Waals surface area contributed by atoms with Crippen molar-refractivity contribution in [2.24, 2.45) is 23.7 Å². The number of aliphatic hydroxyl groups excluding tert-OH is 2. The molecule has 2 fully saturated rings. The first-order valence-electron chi connectivity index (χ1n) is 8.69. The number of benzene rings is 1. The Morgan fingerprint density at radius 1 is 1.26 bits per heavy atom. The van der Waals surface area contributed by atoms with Crippen LogP contribution in [0.2, 0.25) is 0 Å². The zero-order chi connectivity index (χ0) is 19.3. The van der Waals surface area contributed by atoms with E-state index in [0.29, 0.717) is 15.8 Å². The van der Waals surface area contributed by atoms with Crippen LogP contribution >= 0.6 is 11.8 Å². The Kier molecular flexibility index (Phi) is 4.84. The second kappa shape index (κ2) is 6.89. The van der Waals surface area contributed by atoms with Crippen molar-refractivity contribution < 1.29 is 28.2 Å². The highest BCUT2D eigenvalue weighted by molar-refractivity contribution is 7.98. The lowest BCUT2D eigenvalue weighted by molar-refractivity contribution is -0.130. The predicted octanol–water partition coefficient (Wildman–Crippen LogP) is 1.30. The van der Waals surface area contributed by atoms with Crippen LogP contribution in [-0.4, -0.2) is 47.3 Å². The van der Waals surface area contributed by atoms with Crippen molar-refractivity contribution in [3.63, 3.8) is 0 Å². The van der Waals surface area contributed by atoms with Crippen molar-refractivity contribution in [1.82, 2.24) is 4.31 Å². The molecule has 0 radical (unpaired) electrons. The fourth-order valence-electron chi connectivity index (χ4n) is 4.46. The molecule has 1 saturated heterocycles. The van der Waals surface area contributed by atoms with Gasteiger partial charge in [-0.15, -0.1) is 11.8 Å². The summed E-state index contributed by atoms with van der Waals surface area (Å²) in [5, 5.41) is 20.5. The lowest BCUT2D eigenvalue weighted by atomic mass is 9.85. The highest BCUT2D eigenvalue weighted by atomic mass is 32.2. The molecule has 9 heteroatoms. The van der Waals surface area contributed by atoms with E-state index in [2.05, 4.69) is 0 Å². The maximum absolute atomic E-state index is 13.0. The monoisotopic (exact) mass is 411 g/mol. The minimum absolute atomic E-state index is 0.00783. The molecular weight excluding hydrogens is 390 g/mol. The molecule has 2 bridgehead atoms. The highest BCUT2D eigenvalue weighted by Crippen LogP contribution is 2.54. The number of hydrogen-bond acceptors (Lipinski definition) is 7. The number of nitrogens with zero attached hydrogens (tertiary/aromatic N) is 1. The molecule has 3 aliphatic rings. The molecule has 7 nitrogen and oxygen atoms in total. The zero-order valence-electron chi connectivity index (χ0n) is 14.6. The van der Waals surface area contributed by atoms with Gasteiger partial charge >= 0.3 is 0 Å². The second-order valence-corrected chi connectivity index (χ2v) is 9.73. The van der Waals surface area contributed by atoms with Crippen LogP contribution < -0.4 is 0 Å². The highest BCUT2D eigenvalue weighted by Gasteiger charge is 2.61. The Balaban J connectivity index is 1.58. The summed E-state index contributed by atoms with van der Waals surface area (Å²) in [6.45, 7) is 0. The first kappa shape index (κ1) is 18.9. The van der Waals surface area contributed by atoms with E-state index >= 15 is 0 Å². The van der Waals surface area contributed by atoms with Crippen molar-refractivity contribution in [3.8, 4) is 0 Å². The third-order valence-electron chi connectivity index (χ3n) is 5.67. The molecular formula is C18H21NO6S2. The van der Waals surface area contributed by atoms with E-state index in [1.54, 1.807) is 0 Å². The van der Waals surface area contributed by atoms with Crippen molar-refractivity contribution in [3.05, 3.63) is 42.0 Å². The van der Waals surface area contributed by atoms with Gasteiger partial charge in [0.1, 0.15) is 6.23 Å². The van der Waals surface area contributed by atoms with E-state index in [-0.39, 0.29) is 22.6 Å². The maximum Gasteiger partial charge on any atom is 0.268 e. The summed E-state index contributed by atoms with van der Waals surface area (Å²) >= 11 is 1.41. The molecule has 1 aromatic rings. The van der Waals surface area contributed by atoms with Gasteiger partial charge in [-0.3, -0.25) is 4.79 Å². The number of aliphatic hydroxyl groups is 2. The lowest BCUT2D eigenvalue weighted by Crippen LogP contribution is -2.41. The van der Waals surface area contributed by atoms with E-state index in [9.17, 15) is 23.4 Å². The van der Waals surface area contributed by atoms with Crippen LogP contribution in [0.15, 0.2) is 41.3 Å². The van der Waals surface area contributed by atoms with Gasteiger partial charge < -0.3 is 14.9 Å². The number of sulfonamides is 1. The number of ether oxygens (including phenoxy) is 1. The molecule has 1 saturated carbocycles. The Bertz CT molecular complexity index is 868. The van der Waals surface area contributed by atoms with Gasteiger partial charge in [-0.05, 0) is 36.6 Å². The molecule has 6 unspecified atom stereocenters. The average Bonchev–Trinajstić information content (AvgIpc) is 3.33. The quantitative estimate of drug-likeness (QED) is 0.537. The van der Waals surface area contributed by atoms with Gasteiger partial charge in [0, 0.05) is 11.5 Å². The van der Waals surface area contributed by atoms with Crippen molar-refractivity contribution in [1.29, 1.82) is 0 Å². The number of allylic oxidation sites excluding steroid dienone is 2. The summed E-state index contributed by atoms with van der Waals surface area (Å²) in [6, 6.07) is 5.52. The Hall–Kier alpha value is -1.39. The molecule has 2 aliphatic carbocycles. The van der Waals surface area contributed by atoms with E-state index in [0.717, 1.165) is 6.42 Å². The maximum atomic E-state index is 13.0. The predicted molar refractivity (Wildman–Crippen MR) is 98.6 cm³/mol. The summed E-state index contributed by atoms with van der Waals surface area (Å²) in [7, 11) is -4.18. The van der Waals surface area contributed by atoms with Gasteiger partial charge in [0.2, 0.25) is 5.91 Å². The van der Waals surface area contributed by atoms with Gasteiger partial charge in [0.15, 0.2) is 6.29 Å².